The maximum atomic E-state index is 9.03. The van der Waals surface area contributed by atoms with E-state index < -0.39 is 0 Å². The standard InChI is InChI=1S/C14H21NO/c1-11-4-2-3-5-13(11)10-15-14(8-9-16)12-6-7-12/h2-5,12,14-16H,6-10H2,1H3. The van der Waals surface area contributed by atoms with Gasteiger partial charge in [0.1, 0.15) is 0 Å². The van der Waals surface area contributed by atoms with Crippen LogP contribution in [0.25, 0.3) is 0 Å². The lowest BCUT2D eigenvalue weighted by Gasteiger charge is -2.17. The Hall–Kier alpha value is -0.860. The van der Waals surface area contributed by atoms with Crippen molar-refractivity contribution in [2.45, 2.75) is 38.8 Å². The summed E-state index contributed by atoms with van der Waals surface area (Å²) in [5.74, 6) is 0.802. The molecule has 1 aromatic carbocycles. The lowest BCUT2D eigenvalue weighted by molar-refractivity contribution is 0.255. The minimum absolute atomic E-state index is 0.294. The summed E-state index contributed by atoms with van der Waals surface area (Å²) in [6.07, 6.45) is 3.54. The van der Waals surface area contributed by atoms with E-state index in [-0.39, 0.29) is 0 Å². The van der Waals surface area contributed by atoms with Crippen LogP contribution >= 0.6 is 0 Å². The monoisotopic (exact) mass is 219 g/mol. The molecule has 0 spiro atoms. The molecule has 0 amide bonds. The molecule has 0 bridgehead atoms. The highest BCUT2D eigenvalue weighted by atomic mass is 16.3. The lowest BCUT2D eigenvalue weighted by Crippen LogP contribution is -2.31. The molecule has 0 aliphatic heterocycles. The van der Waals surface area contributed by atoms with Gasteiger partial charge in [0.2, 0.25) is 0 Å². The average molecular weight is 219 g/mol. The number of benzene rings is 1. The predicted octanol–water partition coefficient (Wildman–Crippen LogP) is 2.25. The van der Waals surface area contributed by atoms with Crippen molar-refractivity contribution in [3.8, 4) is 0 Å². The summed E-state index contributed by atoms with van der Waals surface area (Å²) < 4.78 is 0. The highest BCUT2D eigenvalue weighted by Crippen LogP contribution is 2.34. The third-order valence-electron chi connectivity index (χ3n) is 3.45. The number of hydrogen-bond donors (Lipinski definition) is 2. The molecule has 2 rings (SSSR count). The van der Waals surface area contributed by atoms with Gasteiger partial charge in [0.15, 0.2) is 0 Å². The fourth-order valence-electron chi connectivity index (χ4n) is 2.19. The topological polar surface area (TPSA) is 32.3 Å². The molecule has 2 N–H and O–H groups in total. The molecule has 1 aliphatic rings. The summed E-state index contributed by atoms with van der Waals surface area (Å²) in [5.41, 5.74) is 2.71. The van der Waals surface area contributed by atoms with Gasteiger partial charge >= 0.3 is 0 Å². The van der Waals surface area contributed by atoms with E-state index in [4.69, 9.17) is 5.11 Å². The number of aliphatic hydroxyl groups is 1. The van der Waals surface area contributed by atoms with Gasteiger partial charge in [-0.1, -0.05) is 24.3 Å². The highest BCUT2D eigenvalue weighted by molar-refractivity contribution is 5.25. The van der Waals surface area contributed by atoms with Gasteiger partial charge in [-0.3, -0.25) is 0 Å². The van der Waals surface area contributed by atoms with Crippen molar-refractivity contribution in [2.24, 2.45) is 5.92 Å². The number of rotatable bonds is 6. The van der Waals surface area contributed by atoms with E-state index in [1.807, 2.05) is 0 Å². The van der Waals surface area contributed by atoms with Gasteiger partial charge in [-0.05, 0) is 43.2 Å². The van der Waals surface area contributed by atoms with Crippen LogP contribution in [-0.4, -0.2) is 17.8 Å². The summed E-state index contributed by atoms with van der Waals surface area (Å²) in [4.78, 5) is 0. The molecule has 2 heteroatoms. The van der Waals surface area contributed by atoms with Crippen LogP contribution in [0.1, 0.15) is 30.4 Å². The van der Waals surface area contributed by atoms with Crippen molar-refractivity contribution < 1.29 is 5.11 Å². The van der Waals surface area contributed by atoms with E-state index in [1.165, 1.54) is 24.0 Å². The summed E-state index contributed by atoms with van der Waals surface area (Å²) in [5, 5.41) is 12.6. The fourth-order valence-corrected chi connectivity index (χ4v) is 2.19. The third kappa shape index (κ3) is 3.06. The van der Waals surface area contributed by atoms with Crippen LogP contribution in [-0.2, 0) is 6.54 Å². The molecule has 0 saturated heterocycles. The molecular formula is C14H21NO. The molecule has 0 aromatic heterocycles. The van der Waals surface area contributed by atoms with Crippen LogP contribution in [0.2, 0.25) is 0 Å². The summed E-state index contributed by atoms with van der Waals surface area (Å²) >= 11 is 0. The Morgan fingerprint density at radius 2 is 2.12 bits per heavy atom. The Labute approximate surface area is 97.7 Å². The Morgan fingerprint density at radius 3 is 2.75 bits per heavy atom. The lowest BCUT2D eigenvalue weighted by atomic mass is 10.1. The third-order valence-corrected chi connectivity index (χ3v) is 3.45. The average Bonchev–Trinajstić information content (AvgIpc) is 3.10. The Morgan fingerprint density at radius 1 is 1.38 bits per heavy atom. The number of aliphatic hydroxyl groups excluding tert-OH is 1. The van der Waals surface area contributed by atoms with Crippen molar-refractivity contribution in [3.05, 3.63) is 35.4 Å². The highest BCUT2D eigenvalue weighted by Gasteiger charge is 2.30. The second kappa shape index (κ2) is 5.46. The Kier molecular flexibility index (Phi) is 3.97. The molecule has 88 valence electrons. The Balaban J connectivity index is 1.87. The quantitative estimate of drug-likeness (QED) is 0.769. The first-order valence-corrected chi connectivity index (χ1v) is 6.20. The van der Waals surface area contributed by atoms with Crippen LogP contribution < -0.4 is 5.32 Å². The van der Waals surface area contributed by atoms with Crippen molar-refractivity contribution in [3.63, 3.8) is 0 Å². The molecule has 0 radical (unpaired) electrons. The second-order valence-electron chi connectivity index (χ2n) is 4.76. The molecule has 1 saturated carbocycles. The first kappa shape index (κ1) is 11.6. The zero-order chi connectivity index (χ0) is 11.4. The molecule has 1 unspecified atom stereocenters. The van der Waals surface area contributed by atoms with Gasteiger partial charge in [-0.2, -0.15) is 0 Å². The van der Waals surface area contributed by atoms with E-state index in [2.05, 4.69) is 36.5 Å². The summed E-state index contributed by atoms with van der Waals surface area (Å²) in [6.45, 7) is 3.37. The van der Waals surface area contributed by atoms with Gasteiger partial charge in [-0.15, -0.1) is 0 Å². The van der Waals surface area contributed by atoms with Crippen molar-refractivity contribution in [1.29, 1.82) is 0 Å². The van der Waals surface area contributed by atoms with E-state index in [9.17, 15) is 0 Å². The SMILES string of the molecule is Cc1ccccc1CNC(CCO)C1CC1. The smallest absolute Gasteiger partial charge is 0.0445 e. The van der Waals surface area contributed by atoms with Gasteiger partial charge in [0.25, 0.3) is 0 Å². The van der Waals surface area contributed by atoms with E-state index in [1.54, 1.807) is 0 Å². The first-order valence-electron chi connectivity index (χ1n) is 6.20. The van der Waals surface area contributed by atoms with Gasteiger partial charge < -0.3 is 10.4 Å². The van der Waals surface area contributed by atoms with Gasteiger partial charge in [0.05, 0.1) is 0 Å². The van der Waals surface area contributed by atoms with Gasteiger partial charge in [-0.25, -0.2) is 0 Å². The van der Waals surface area contributed by atoms with E-state index in [0.717, 1.165) is 18.9 Å². The van der Waals surface area contributed by atoms with Crippen molar-refractivity contribution in [2.75, 3.05) is 6.61 Å². The zero-order valence-electron chi connectivity index (χ0n) is 9.95. The molecule has 2 nitrogen and oxygen atoms in total. The van der Waals surface area contributed by atoms with Crippen LogP contribution in [0, 0.1) is 12.8 Å². The maximum absolute atomic E-state index is 9.03. The number of aryl methyl sites for hydroxylation is 1. The second-order valence-corrected chi connectivity index (χ2v) is 4.76. The number of nitrogens with one attached hydrogen (secondary N) is 1. The van der Waals surface area contributed by atoms with Crippen LogP contribution in [0.5, 0.6) is 0 Å². The van der Waals surface area contributed by atoms with Crippen LogP contribution in [0.3, 0.4) is 0 Å². The minimum Gasteiger partial charge on any atom is -0.396 e. The number of hydrogen-bond acceptors (Lipinski definition) is 2. The predicted molar refractivity (Wildman–Crippen MR) is 66.2 cm³/mol. The maximum Gasteiger partial charge on any atom is 0.0445 e. The molecule has 16 heavy (non-hydrogen) atoms. The molecule has 0 heterocycles. The molecule has 1 atom stereocenters. The molecular weight excluding hydrogens is 198 g/mol. The van der Waals surface area contributed by atoms with E-state index >= 15 is 0 Å². The fraction of sp³-hybridized carbons (Fsp3) is 0.571. The zero-order valence-corrected chi connectivity index (χ0v) is 9.95. The summed E-state index contributed by atoms with van der Waals surface area (Å²) in [7, 11) is 0. The largest absolute Gasteiger partial charge is 0.396 e. The normalized spacial score (nSPS) is 17.4. The van der Waals surface area contributed by atoms with Crippen LogP contribution in [0.15, 0.2) is 24.3 Å². The first-order chi connectivity index (χ1) is 7.81. The van der Waals surface area contributed by atoms with Crippen molar-refractivity contribution in [1.82, 2.24) is 5.32 Å². The molecule has 1 fully saturated rings. The van der Waals surface area contributed by atoms with Crippen LogP contribution in [0.4, 0.5) is 0 Å². The van der Waals surface area contributed by atoms with Gasteiger partial charge in [0, 0.05) is 19.2 Å². The summed E-state index contributed by atoms with van der Waals surface area (Å²) in [6, 6.07) is 8.98. The van der Waals surface area contributed by atoms with Crippen molar-refractivity contribution >= 4 is 0 Å². The minimum atomic E-state index is 0.294. The molecule has 1 aliphatic carbocycles. The van der Waals surface area contributed by atoms with E-state index in [0.29, 0.717) is 12.6 Å². The Bertz CT molecular complexity index is 333. The molecule has 1 aromatic rings.